The van der Waals surface area contributed by atoms with Crippen LogP contribution in [-0.2, 0) is 6.54 Å². The molecule has 17 heavy (non-hydrogen) atoms. The lowest BCUT2D eigenvalue weighted by Gasteiger charge is -2.09. The van der Waals surface area contributed by atoms with Crippen LogP contribution >= 0.6 is 11.6 Å². The van der Waals surface area contributed by atoms with Crippen molar-refractivity contribution >= 4 is 17.3 Å². The molecule has 0 unspecified atom stereocenters. The Labute approximate surface area is 105 Å². The number of halogens is 1. The van der Waals surface area contributed by atoms with Gasteiger partial charge in [-0.3, -0.25) is 0 Å². The van der Waals surface area contributed by atoms with Gasteiger partial charge in [0.25, 0.3) is 0 Å². The largest absolute Gasteiger partial charge is 0.457 e. The summed E-state index contributed by atoms with van der Waals surface area (Å²) in [6.07, 6.45) is 0. The SMILES string of the molecule is NCc1cc(Oc2cccc(Cl)c2)ccc1N. The highest BCUT2D eigenvalue weighted by Crippen LogP contribution is 2.26. The van der Waals surface area contributed by atoms with Gasteiger partial charge in [0.2, 0.25) is 0 Å². The average Bonchev–Trinajstić information content (AvgIpc) is 2.32. The van der Waals surface area contributed by atoms with E-state index in [1.54, 1.807) is 24.3 Å². The molecule has 0 aliphatic heterocycles. The number of rotatable bonds is 3. The summed E-state index contributed by atoms with van der Waals surface area (Å²) in [4.78, 5) is 0. The first kappa shape index (κ1) is 11.8. The molecule has 0 amide bonds. The summed E-state index contributed by atoms with van der Waals surface area (Å²) in [5, 5.41) is 0.636. The van der Waals surface area contributed by atoms with Gasteiger partial charge < -0.3 is 16.2 Å². The van der Waals surface area contributed by atoms with Gasteiger partial charge in [-0.2, -0.15) is 0 Å². The van der Waals surface area contributed by atoms with E-state index in [0.29, 0.717) is 28.8 Å². The molecule has 0 aromatic heterocycles. The van der Waals surface area contributed by atoms with E-state index >= 15 is 0 Å². The van der Waals surface area contributed by atoms with Crippen LogP contribution in [0.15, 0.2) is 42.5 Å². The van der Waals surface area contributed by atoms with Crippen molar-refractivity contribution in [1.82, 2.24) is 0 Å². The third-order valence-electron chi connectivity index (χ3n) is 2.37. The van der Waals surface area contributed by atoms with Crippen LogP contribution in [0.1, 0.15) is 5.56 Å². The molecule has 0 saturated heterocycles. The number of ether oxygens (including phenoxy) is 1. The molecule has 2 aromatic carbocycles. The molecule has 0 heterocycles. The summed E-state index contributed by atoms with van der Waals surface area (Å²) in [5.41, 5.74) is 12.9. The van der Waals surface area contributed by atoms with Crippen LogP contribution in [0.3, 0.4) is 0 Å². The molecule has 0 aliphatic carbocycles. The van der Waals surface area contributed by atoms with E-state index in [1.807, 2.05) is 18.2 Å². The summed E-state index contributed by atoms with van der Waals surface area (Å²) in [7, 11) is 0. The quantitative estimate of drug-likeness (QED) is 0.820. The summed E-state index contributed by atoms with van der Waals surface area (Å²) in [5.74, 6) is 1.38. The topological polar surface area (TPSA) is 61.3 Å². The molecule has 0 saturated carbocycles. The van der Waals surface area contributed by atoms with Gasteiger partial charge >= 0.3 is 0 Å². The summed E-state index contributed by atoms with van der Waals surface area (Å²) in [6.45, 7) is 0.387. The van der Waals surface area contributed by atoms with Crippen molar-refractivity contribution in [3.05, 3.63) is 53.1 Å². The van der Waals surface area contributed by atoms with Gasteiger partial charge in [0.1, 0.15) is 11.5 Å². The van der Waals surface area contributed by atoms with E-state index in [2.05, 4.69) is 0 Å². The molecule has 0 radical (unpaired) electrons. The van der Waals surface area contributed by atoms with E-state index in [0.717, 1.165) is 5.56 Å². The maximum atomic E-state index is 5.87. The van der Waals surface area contributed by atoms with Gasteiger partial charge in [0.05, 0.1) is 0 Å². The fourth-order valence-electron chi connectivity index (χ4n) is 1.49. The Morgan fingerprint density at radius 1 is 1.06 bits per heavy atom. The van der Waals surface area contributed by atoms with Crippen molar-refractivity contribution < 1.29 is 4.74 Å². The van der Waals surface area contributed by atoms with E-state index in [1.165, 1.54) is 0 Å². The van der Waals surface area contributed by atoms with Gasteiger partial charge in [0.15, 0.2) is 0 Å². The predicted octanol–water partition coefficient (Wildman–Crippen LogP) is 3.17. The Balaban J connectivity index is 2.24. The summed E-state index contributed by atoms with van der Waals surface area (Å²) < 4.78 is 5.66. The second kappa shape index (κ2) is 5.08. The van der Waals surface area contributed by atoms with E-state index < -0.39 is 0 Å². The molecular weight excluding hydrogens is 236 g/mol. The van der Waals surface area contributed by atoms with Gasteiger partial charge in [-0.1, -0.05) is 17.7 Å². The van der Waals surface area contributed by atoms with Gasteiger partial charge in [-0.15, -0.1) is 0 Å². The average molecular weight is 249 g/mol. The highest BCUT2D eigenvalue weighted by molar-refractivity contribution is 6.30. The number of nitrogens with two attached hydrogens (primary N) is 2. The zero-order valence-corrected chi connectivity index (χ0v) is 9.95. The van der Waals surface area contributed by atoms with Crippen molar-refractivity contribution in [2.45, 2.75) is 6.54 Å². The van der Waals surface area contributed by atoms with Crippen LogP contribution in [0.5, 0.6) is 11.5 Å². The van der Waals surface area contributed by atoms with Crippen molar-refractivity contribution in [2.24, 2.45) is 5.73 Å². The second-order valence-corrected chi connectivity index (χ2v) is 4.06. The van der Waals surface area contributed by atoms with Crippen LogP contribution in [-0.4, -0.2) is 0 Å². The highest BCUT2D eigenvalue weighted by Gasteiger charge is 2.02. The lowest BCUT2D eigenvalue weighted by Crippen LogP contribution is -2.01. The first-order valence-electron chi connectivity index (χ1n) is 5.21. The Morgan fingerprint density at radius 2 is 1.82 bits per heavy atom. The Morgan fingerprint density at radius 3 is 2.53 bits per heavy atom. The first-order chi connectivity index (χ1) is 8.19. The fraction of sp³-hybridized carbons (Fsp3) is 0.0769. The highest BCUT2D eigenvalue weighted by atomic mass is 35.5. The lowest BCUT2D eigenvalue weighted by atomic mass is 10.2. The Hall–Kier alpha value is -1.71. The minimum Gasteiger partial charge on any atom is -0.457 e. The fourth-order valence-corrected chi connectivity index (χ4v) is 1.67. The molecular formula is C13H13ClN2O. The molecule has 0 aliphatic rings. The van der Waals surface area contributed by atoms with Crippen molar-refractivity contribution in [3.63, 3.8) is 0 Å². The molecule has 0 spiro atoms. The predicted molar refractivity (Wildman–Crippen MR) is 70.3 cm³/mol. The normalized spacial score (nSPS) is 10.2. The Kier molecular flexibility index (Phi) is 3.52. The van der Waals surface area contributed by atoms with Crippen LogP contribution < -0.4 is 16.2 Å². The third-order valence-corrected chi connectivity index (χ3v) is 2.60. The molecule has 0 atom stereocenters. The van der Waals surface area contributed by atoms with Gasteiger partial charge in [-0.25, -0.2) is 0 Å². The molecule has 3 nitrogen and oxygen atoms in total. The van der Waals surface area contributed by atoms with Crippen LogP contribution in [0, 0.1) is 0 Å². The van der Waals surface area contributed by atoms with Gasteiger partial charge in [-0.05, 0) is 42.0 Å². The number of benzene rings is 2. The van der Waals surface area contributed by atoms with Crippen LogP contribution in [0.25, 0.3) is 0 Å². The number of nitrogen functional groups attached to an aromatic ring is 1. The van der Waals surface area contributed by atoms with E-state index in [9.17, 15) is 0 Å². The molecule has 2 aromatic rings. The number of hydrogen-bond donors (Lipinski definition) is 2. The summed E-state index contributed by atoms with van der Waals surface area (Å²) in [6, 6.07) is 12.6. The molecule has 88 valence electrons. The number of anilines is 1. The van der Waals surface area contributed by atoms with Gasteiger partial charge in [0, 0.05) is 17.3 Å². The zero-order chi connectivity index (χ0) is 12.3. The molecule has 0 bridgehead atoms. The molecule has 4 heteroatoms. The smallest absolute Gasteiger partial charge is 0.128 e. The minimum atomic E-state index is 0.387. The monoisotopic (exact) mass is 248 g/mol. The van der Waals surface area contributed by atoms with E-state index in [4.69, 9.17) is 27.8 Å². The van der Waals surface area contributed by atoms with Crippen molar-refractivity contribution in [1.29, 1.82) is 0 Å². The Bertz CT molecular complexity index is 529. The van der Waals surface area contributed by atoms with Crippen molar-refractivity contribution in [3.8, 4) is 11.5 Å². The van der Waals surface area contributed by atoms with Crippen LogP contribution in [0.2, 0.25) is 5.02 Å². The molecule has 2 rings (SSSR count). The zero-order valence-electron chi connectivity index (χ0n) is 9.19. The molecule has 0 fully saturated rings. The molecule has 4 N–H and O–H groups in total. The second-order valence-electron chi connectivity index (χ2n) is 3.62. The lowest BCUT2D eigenvalue weighted by molar-refractivity contribution is 0.482. The maximum Gasteiger partial charge on any atom is 0.128 e. The first-order valence-corrected chi connectivity index (χ1v) is 5.59. The maximum absolute atomic E-state index is 5.87. The number of hydrogen-bond acceptors (Lipinski definition) is 3. The van der Waals surface area contributed by atoms with Crippen molar-refractivity contribution in [2.75, 3.05) is 5.73 Å². The summed E-state index contributed by atoms with van der Waals surface area (Å²) >= 11 is 5.87. The minimum absolute atomic E-state index is 0.387. The standard InChI is InChI=1S/C13H13ClN2O/c14-10-2-1-3-11(7-10)17-12-4-5-13(16)9(6-12)8-15/h1-7H,8,15-16H2. The van der Waals surface area contributed by atoms with E-state index in [-0.39, 0.29) is 0 Å². The van der Waals surface area contributed by atoms with Crippen LogP contribution in [0.4, 0.5) is 5.69 Å². The third kappa shape index (κ3) is 2.90.